The summed E-state index contributed by atoms with van der Waals surface area (Å²) in [5, 5.41) is 3.61. The molecule has 3 nitrogen and oxygen atoms in total. The first-order valence-corrected chi connectivity index (χ1v) is 8.36. The maximum atomic E-state index is 13.1. The molecule has 2 rings (SSSR count). The van der Waals surface area contributed by atoms with Crippen LogP contribution in [-0.2, 0) is 13.2 Å². The van der Waals surface area contributed by atoms with Crippen molar-refractivity contribution in [2.45, 2.75) is 20.1 Å². The zero-order chi connectivity index (χ0) is 16.8. The second-order valence-electron chi connectivity index (χ2n) is 4.90. The molecule has 1 N–H and O–H groups in total. The molecule has 0 fully saturated rings. The predicted molar refractivity (Wildman–Crippen MR) is 93.8 cm³/mol. The monoisotopic (exact) mass is 401 g/mol. The molecule has 0 saturated carbocycles. The fourth-order valence-corrected chi connectivity index (χ4v) is 2.72. The van der Waals surface area contributed by atoms with E-state index in [4.69, 9.17) is 21.1 Å². The molecule has 0 aromatic heterocycles. The lowest BCUT2D eigenvalue weighted by molar-refractivity contribution is 0.284. The third kappa shape index (κ3) is 4.83. The van der Waals surface area contributed by atoms with Crippen molar-refractivity contribution in [3.8, 4) is 11.5 Å². The third-order valence-corrected chi connectivity index (χ3v) is 4.39. The molecule has 2 aromatic rings. The molecule has 0 spiro atoms. The normalized spacial score (nSPS) is 10.7. The van der Waals surface area contributed by atoms with Crippen LogP contribution in [0, 0.1) is 5.82 Å². The second-order valence-corrected chi connectivity index (χ2v) is 6.16. The van der Waals surface area contributed by atoms with Crippen LogP contribution in [0.4, 0.5) is 4.39 Å². The fourth-order valence-electron chi connectivity index (χ4n) is 2.04. The SMILES string of the molecule is CCNCc1cc(OC)c(OCc2ccc(F)cc2Cl)cc1Br. The molecule has 0 heterocycles. The summed E-state index contributed by atoms with van der Waals surface area (Å²) in [6.45, 7) is 3.90. The van der Waals surface area contributed by atoms with Gasteiger partial charge in [-0.1, -0.05) is 40.5 Å². The predicted octanol–water partition coefficient (Wildman–Crippen LogP) is 4.94. The van der Waals surface area contributed by atoms with E-state index in [1.54, 1.807) is 13.2 Å². The number of halogens is 3. The largest absolute Gasteiger partial charge is 0.493 e. The van der Waals surface area contributed by atoms with Crippen molar-refractivity contribution in [3.63, 3.8) is 0 Å². The van der Waals surface area contributed by atoms with Crippen LogP contribution in [0.1, 0.15) is 18.1 Å². The summed E-state index contributed by atoms with van der Waals surface area (Å²) in [6.07, 6.45) is 0. The highest BCUT2D eigenvalue weighted by Gasteiger charge is 2.11. The van der Waals surface area contributed by atoms with Gasteiger partial charge in [0.2, 0.25) is 0 Å². The Bertz CT molecular complexity index is 682. The van der Waals surface area contributed by atoms with Gasteiger partial charge < -0.3 is 14.8 Å². The summed E-state index contributed by atoms with van der Waals surface area (Å²) in [5.41, 5.74) is 1.79. The Morgan fingerprint density at radius 2 is 1.96 bits per heavy atom. The van der Waals surface area contributed by atoms with Gasteiger partial charge in [-0.05, 0) is 36.4 Å². The smallest absolute Gasteiger partial charge is 0.162 e. The molecular formula is C17H18BrClFNO2. The summed E-state index contributed by atoms with van der Waals surface area (Å²) >= 11 is 9.55. The Morgan fingerprint density at radius 3 is 2.61 bits per heavy atom. The minimum absolute atomic E-state index is 0.231. The lowest BCUT2D eigenvalue weighted by Crippen LogP contribution is -2.12. The van der Waals surface area contributed by atoms with E-state index in [2.05, 4.69) is 28.2 Å². The lowest BCUT2D eigenvalue weighted by atomic mass is 10.2. The van der Waals surface area contributed by atoms with E-state index in [0.717, 1.165) is 23.1 Å². The molecule has 0 aliphatic rings. The van der Waals surface area contributed by atoms with Crippen molar-refractivity contribution in [1.82, 2.24) is 5.32 Å². The van der Waals surface area contributed by atoms with Gasteiger partial charge in [0.1, 0.15) is 12.4 Å². The van der Waals surface area contributed by atoms with Gasteiger partial charge >= 0.3 is 0 Å². The first-order valence-electron chi connectivity index (χ1n) is 7.19. The van der Waals surface area contributed by atoms with Crippen LogP contribution in [0.5, 0.6) is 11.5 Å². The molecule has 6 heteroatoms. The van der Waals surface area contributed by atoms with E-state index < -0.39 is 0 Å². The minimum Gasteiger partial charge on any atom is -0.493 e. The van der Waals surface area contributed by atoms with Crippen molar-refractivity contribution in [1.29, 1.82) is 0 Å². The Hall–Kier alpha value is -1.30. The van der Waals surface area contributed by atoms with Crippen molar-refractivity contribution in [2.24, 2.45) is 0 Å². The molecule has 0 amide bonds. The quantitative estimate of drug-likeness (QED) is 0.711. The van der Waals surface area contributed by atoms with E-state index in [1.165, 1.54) is 12.1 Å². The Morgan fingerprint density at radius 1 is 1.17 bits per heavy atom. The van der Waals surface area contributed by atoms with Crippen molar-refractivity contribution < 1.29 is 13.9 Å². The van der Waals surface area contributed by atoms with Crippen LogP contribution < -0.4 is 14.8 Å². The topological polar surface area (TPSA) is 30.5 Å². The first kappa shape index (κ1) is 18.0. The number of hydrogen-bond acceptors (Lipinski definition) is 3. The van der Waals surface area contributed by atoms with Crippen LogP contribution in [0.25, 0.3) is 0 Å². The van der Waals surface area contributed by atoms with Gasteiger partial charge in [-0.15, -0.1) is 0 Å². The Balaban J connectivity index is 2.17. The highest BCUT2D eigenvalue weighted by atomic mass is 79.9. The number of hydrogen-bond donors (Lipinski definition) is 1. The second kappa shape index (κ2) is 8.52. The summed E-state index contributed by atoms with van der Waals surface area (Å²) < 4.78 is 25.2. The van der Waals surface area contributed by atoms with Crippen molar-refractivity contribution in [3.05, 3.63) is 56.8 Å². The number of methoxy groups -OCH3 is 1. The van der Waals surface area contributed by atoms with Gasteiger partial charge in [-0.25, -0.2) is 4.39 Å². The summed E-state index contributed by atoms with van der Waals surface area (Å²) in [4.78, 5) is 0. The maximum Gasteiger partial charge on any atom is 0.162 e. The van der Waals surface area contributed by atoms with E-state index in [-0.39, 0.29) is 12.4 Å². The van der Waals surface area contributed by atoms with E-state index >= 15 is 0 Å². The molecule has 0 unspecified atom stereocenters. The van der Waals surface area contributed by atoms with Crippen LogP contribution >= 0.6 is 27.5 Å². The summed E-state index contributed by atoms with van der Waals surface area (Å²) in [6, 6.07) is 8.03. The highest BCUT2D eigenvalue weighted by molar-refractivity contribution is 9.10. The molecule has 0 aliphatic heterocycles. The van der Waals surface area contributed by atoms with Crippen LogP contribution in [0.2, 0.25) is 5.02 Å². The molecular weight excluding hydrogens is 385 g/mol. The highest BCUT2D eigenvalue weighted by Crippen LogP contribution is 2.34. The molecule has 0 radical (unpaired) electrons. The number of nitrogens with one attached hydrogen (secondary N) is 1. The van der Waals surface area contributed by atoms with E-state index in [1.807, 2.05) is 12.1 Å². The average Bonchev–Trinajstić information content (AvgIpc) is 2.53. The number of benzene rings is 2. The van der Waals surface area contributed by atoms with E-state index in [0.29, 0.717) is 22.1 Å². The fraction of sp³-hybridized carbons (Fsp3) is 0.294. The van der Waals surface area contributed by atoms with Gasteiger partial charge in [-0.2, -0.15) is 0 Å². The zero-order valence-electron chi connectivity index (χ0n) is 13.0. The van der Waals surface area contributed by atoms with Crippen molar-refractivity contribution >= 4 is 27.5 Å². The standard InChI is InChI=1S/C17H18BrClFNO2/c1-3-21-9-12-6-16(22-2)17(8-14(12)18)23-10-11-4-5-13(20)7-15(11)19/h4-8,21H,3,9-10H2,1-2H3. The van der Waals surface area contributed by atoms with Gasteiger partial charge in [-0.3, -0.25) is 0 Å². The van der Waals surface area contributed by atoms with Crippen molar-refractivity contribution in [2.75, 3.05) is 13.7 Å². The molecule has 0 bridgehead atoms. The molecule has 0 saturated heterocycles. The lowest BCUT2D eigenvalue weighted by Gasteiger charge is -2.14. The van der Waals surface area contributed by atoms with Crippen LogP contribution in [0.3, 0.4) is 0 Å². The maximum absolute atomic E-state index is 13.1. The molecule has 124 valence electrons. The Labute approximate surface area is 148 Å². The molecule has 0 atom stereocenters. The molecule has 23 heavy (non-hydrogen) atoms. The van der Waals surface area contributed by atoms with Gasteiger partial charge in [0.15, 0.2) is 11.5 Å². The summed E-state index contributed by atoms with van der Waals surface area (Å²) in [5.74, 6) is 0.867. The minimum atomic E-state index is -0.369. The first-order chi connectivity index (χ1) is 11.0. The number of rotatable bonds is 7. The molecule has 2 aromatic carbocycles. The third-order valence-electron chi connectivity index (χ3n) is 3.30. The van der Waals surface area contributed by atoms with Gasteiger partial charge in [0, 0.05) is 16.6 Å². The van der Waals surface area contributed by atoms with Gasteiger partial charge in [0.05, 0.1) is 12.1 Å². The number of ether oxygens (including phenoxy) is 2. The van der Waals surface area contributed by atoms with E-state index in [9.17, 15) is 4.39 Å². The van der Waals surface area contributed by atoms with Gasteiger partial charge in [0.25, 0.3) is 0 Å². The molecule has 0 aliphatic carbocycles. The van der Waals surface area contributed by atoms with Crippen LogP contribution in [-0.4, -0.2) is 13.7 Å². The Kier molecular flexibility index (Phi) is 6.69. The summed E-state index contributed by atoms with van der Waals surface area (Å²) in [7, 11) is 1.60. The zero-order valence-corrected chi connectivity index (χ0v) is 15.3. The average molecular weight is 403 g/mol. The van der Waals surface area contributed by atoms with Crippen LogP contribution in [0.15, 0.2) is 34.8 Å².